The lowest BCUT2D eigenvalue weighted by Gasteiger charge is -2.05. The molecule has 0 aromatic carbocycles. The van der Waals surface area contributed by atoms with E-state index in [4.69, 9.17) is 11.4 Å². The van der Waals surface area contributed by atoms with Gasteiger partial charge in [0.15, 0.2) is 9.84 Å². The number of aromatic nitrogens is 1. The Balaban J connectivity index is 2.85. The van der Waals surface area contributed by atoms with Gasteiger partial charge in [-0.1, -0.05) is 5.16 Å². The number of nitrogens with zero attached hydrogens (tertiary/aromatic N) is 1. The number of carbonyl (C=O) groups is 1. The van der Waals surface area contributed by atoms with E-state index in [-0.39, 0.29) is 11.5 Å². The first kappa shape index (κ1) is 12.9. The predicted molar refractivity (Wildman–Crippen MR) is 57.3 cm³/mol. The lowest BCUT2D eigenvalue weighted by molar-refractivity contribution is -0.109. The molecule has 0 aliphatic rings. The molecule has 1 aromatic heterocycles. The molecule has 0 fully saturated rings. The number of aryl methyl sites for hydroxylation is 2. The highest BCUT2D eigenvalue weighted by Gasteiger charge is 2.20. The fourth-order valence-corrected chi connectivity index (χ4v) is 2.95. The Morgan fingerprint density at radius 1 is 1.50 bits per heavy atom. The molecule has 0 unspecified atom stereocenters. The molecule has 0 saturated carbocycles. The molecular weight excluding hydrogens is 230 g/mol. The molecular formula is C10H13NO4S. The maximum atomic E-state index is 11.7. The van der Waals surface area contributed by atoms with Gasteiger partial charge in [-0.05, 0) is 20.8 Å². The van der Waals surface area contributed by atoms with Crippen molar-refractivity contribution in [1.82, 2.24) is 5.16 Å². The number of hydrogen-bond acceptors (Lipinski definition) is 5. The summed E-state index contributed by atoms with van der Waals surface area (Å²) in [6.45, 7) is 8.59. The molecule has 1 heterocycles. The quantitative estimate of drug-likeness (QED) is 0.712. The Kier molecular flexibility index (Phi) is 3.85. The van der Waals surface area contributed by atoms with Gasteiger partial charge < -0.3 is 9.32 Å². The molecule has 0 aliphatic carbocycles. The summed E-state index contributed by atoms with van der Waals surface area (Å²) in [4.78, 5) is 10.3. The van der Waals surface area contributed by atoms with Crippen molar-refractivity contribution in [2.75, 3.05) is 5.75 Å². The Bertz CT molecular complexity index is 456. The van der Waals surface area contributed by atoms with Crippen molar-refractivity contribution in [2.24, 2.45) is 5.92 Å². The van der Waals surface area contributed by atoms with E-state index in [2.05, 4.69) is 5.16 Å². The zero-order valence-corrected chi connectivity index (χ0v) is 9.95. The van der Waals surface area contributed by atoms with Crippen molar-refractivity contribution in [3.05, 3.63) is 23.9 Å². The third-order valence-electron chi connectivity index (χ3n) is 2.17. The second kappa shape index (κ2) is 4.78. The van der Waals surface area contributed by atoms with E-state index in [1.54, 1.807) is 13.8 Å². The highest BCUT2D eigenvalue weighted by molar-refractivity contribution is 7.90. The summed E-state index contributed by atoms with van der Waals surface area (Å²) in [6, 6.07) is 0. The van der Waals surface area contributed by atoms with Gasteiger partial charge in [-0.15, -0.1) is 0 Å². The van der Waals surface area contributed by atoms with E-state index in [1.807, 2.05) is 0 Å². The summed E-state index contributed by atoms with van der Waals surface area (Å²) in [6.07, 6.45) is 0.422. The largest absolute Gasteiger partial charge is 0.361 e. The molecule has 1 atom stereocenters. The average molecular weight is 243 g/mol. The number of hydrogen-bond donors (Lipinski definition) is 0. The van der Waals surface area contributed by atoms with Crippen LogP contribution in [0.4, 0.5) is 0 Å². The van der Waals surface area contributed by atoms with Crippen molar-refractivity contribution in [1.29, 1.82) is 0 Å². The van der Waals surface area contributed by atoms with E-state index >= 15 is 0 Å². The third kappa shape index (κ3) is 3.16. The highest BCUT2D eigenvalue weighted by Crippen LogP contribution is 2.17. The van der Waals surface area contributed by atoms with Crippen LogP contribution in [0.2, 0.25) is 0 Å². The smallest absolute Gasteiger partial charge is 0.155 e. The molecule has 6 heteroatoms. The molecule has 0 saturated heterocycles. The Labute approximate surface area is 94.7 Å². The van der Waals surface area contributed by atoms with Crippen molar-refractivity contribution in [3.63, 3.8) is 0 Å². The van der Waals surface area contributed by atoms with Crippen LogP contribution in [0.25, 0.3) is 0 Å². The molecule has 0 bridgehead atoms. The first-order chi connectivity index (χ1) is 7.35. The molecule has 2 radical (unpaired) electrons. The molecule has 88 valence electrons. The van der Waals surface area contributed by atoms with Crippen LogP contribution < -0.4 is 0 Å². The maximum Gasteiger partial charge on any atom is 0.155 e. The van der Waals surface area contributed by atoms with Crippen LogP contribution in [0.5, 0.6) is 0 Å². The molecule has 5 nitrogen and oxygen atoms in total. The van der Waals surface area contributed by atoms with Crippen LogP contribution >= 0.6 is 0 Å². The molecule has 0 amide bonds. The average Bonchev–Trinajstić information content (AvgIpc) is 2.48. The van der Waals surface area contributed by atoms with Gasteiger partial charge >= 0.3 is 0 Å². The first-order valence-electron chi connectivity index (χ1n) is 4.69. The molecule has 0 spiro atoms. The van der Waals surface area contributed by atoms with Crippen molar-refractivity contribution < 1.29 is 17.7 Å². The lowest BCUT2D eigenvalue weighted by Crippen LogP contribution is -2.17. The summed E-state index contributed by atoms with van der Waals surface area (Å²) >= 11 is 0. The molecule has 16 heavy (non-hydrogen) atoms. The van der Waals surface area contributed by atoms with Gasteiger partial charge in [0.1, 0.15) is 12.0 Å². The van der Waals surface area contributed by atoms with Gasteiger partial charge in [0.05, 0.1) is 17.2 Å². The highest BCUT2D eigenvalue weighted by atomic mass is 32.2. The topological polar surface area (TPSA) is 77.2 Å². The number of sulfone groups is 1. The minimum absolute atomic E-state index is 0.199. The lowest BCUT2D eigenvalue weighted by atomic mass is 10.2. The molecule has 0 aliphatic heterocycles. The predicted octanol–water partition coefficient (Wildman–Crippen LogP) is 0.732. The van der Waals surface area contributed by atoms with Gasteiger partial charge in [0.25, 0.3) is 0 Å². The summed E-state index contributed by atoms with van der Waals surface area (Å²) in [5.74, 6) is -1.07. The van der Waals surface area contributed by atoms with Gasteiger partial charge in [-0.3, -0.25) is 0 Å². The van der Waals surface area contributed by atoms with Crippen LogP contribution in [-0.2, 0) is 20.4 Å². The zero-order valence-electron chi connectivity index (χ0n) is 9.13. The van der Waals surface area contributed by atoms with E-state index in [0.29, 0.717) is 23.3 Å². The number of carbonyl (C=O) groups excluding carboxylic acids is 1. The summed E-state index contributed by atoms with van der Waals surface area (Å²) in [5, 5.41) is 3.66. The normalized spacial score (nSPS) is 13.7. The first-order valence-corrected chi connectivity index (χ1v) is 6.51. The SMILES string of the molecule is [CH][C@H](C=O)CS(=O)(=O)Cc1c(C)noc1C. The van der Waals surface area contributed by atoms with Crippen molar-refractivity contribution in [2.45, 2.75) is 19.6 Å². The molecule has 1 aromatic rings. The third-order valence-corrected chi connectivity index (χ3v) is 3.79. The van der Waals surface area contributed by atoms with E-state index < -0.39 is 15.8 Å². The van der Waals surface area contributed by atoms with Gasteiger partial charge in [0.2, 0.25) is 0 Å². The van der Waals surface area contributed by atoms with Gasteiger partial charge in [0, 0.05) is 11.5 Å². The van der Waals surface area contributed by atoms with Crippen LogP contribution in [0.1, 0.15) is 17.0 Å². The maximum absolute atomic E-state index is 11.7. The van der Waals surface area contributed by atoms with Crippen LogP contribution in [0.3, 0.4) is 0 Å². The fourth-order valence-electron chi connectivity index (χ4n) is 1.32. The Morgan fingerprint density at radius 2 is 2.12 bits per heavy atom. The van der Waals surface area contributed by atoms with Crippen molar-refractivity contribution in [3.8, 4) is 0 Å². The van der Waals surface area contributed by atoms with Crippen LogP contribution in [0.15, 0.2) is 4.52 Å². The van der Waals surface area contributed by atoms with Crippen molar-refractivity contribution >= 4 is 16.1 Å². The fraction of sp³-hybridized carbons (Fsp3) is 0.500. The standard InChI is InChI=1S/C10H13NO4S/c1-7(4-12)5-16(13,14)6-10-8(2)11-15-9(10)3/h1,4,7H,5-6H2,2-3H3/t7-/m1/s1. The summed E-state index contributed by atoms with van der Waals surface area (Å²) < 4.78 is 28.2. The zero-order chi connectivity index (χ0) is 12.3. The van der Waals surface area contributed by atoms with E-state index in [1.165, 1.54) is 0 Å². The molecule has 1 rings (SSSR count). The number of rotatable bonds is 5. The minimum Gasteiger partial charge on any atom is -0.361 e. The second-order valence-corrected chi connectivity index (χ2v) is 5.77. The van der Waals surface area contributed by atoms with Crippen LogP contribution in [-0.4, -0.2) is 25.6 Å². The van der Waals surface area contributed by atoms with Gasteiger partial charge in [-0.25, -0.2) is 8.42 Å². The molecule has 0 N–H and O–H groups in total. The van der Waals surface area contributed by atoms with E-state index in [0.717, 1.165) is 0 Å². The van der Waals surface area contributed by atoms with E-state index in [9.17, 15) is 13.2 Å². The summed E-state index contributed by atoms with van der Waals surface area (Å²) in [5.41, 5.74) is 1.08. The monoisotopic (exact) mass is 243 g/mol. The minimum atomic E-state index is -3.42. The van der Waals surface area contributed by atoms with Crippen LogP contribution in [0, 0.1) is 26.7 Å². The Hall–Kier alpha value is -1.17. The summed E-state index contributed by atoms with van der Waals surface area (Å²) in [7, 11) is -3.42. The second-order valence-electron chi connectivity index (χ2n) is 3.66. The van der Waals surface area contributed by atoms with Gasteiger partial charge in [-0.2, -0.15) is 0 Å². The number of aldehydes is 1. The Morgan fingerprint density at radius 3 is 2.56 bits per heavy atom.